The fraction of sp³-hybridized carbons (Fsp3) is 0.250. The molecule has 3 rings (SSSR count). The summed E-state index contributed by atoms with van der Waals surface area (Å²) in [4.78, 5) is 13.1. The standard InChI is InChI=1S/C20H22N2O/c1-14-10-8-9-13-16(14)18-17(20(2,3)4)19(23)22(21-18)15-11-6-5-7-12-15/h5-13,21H,1-4H3. The van der Waals surface area contributed by atoms with Crippen LogP contribution in [0, 0.1) is 6.92 Å². The van der Waals surface area contributed by atoms with E-state index in [4.69, 9.17) is 0 Å². The monoisotopic (exact) mass is 306 g/mol. The third-order valence-corrected chi connectivity index (χ3v) is 4.07. The van der Waals surface area contributed by atoms with E-state index in [0.717, 1.165) is 28.1 Å². The number of aryl methyl sites for hydroxylation is 1. The van der Waals surface area contributed by atoms with Gasteiger partial charge in [0.25, 0.3) is 5.56 Å². The summed E-state index contributed by atoms with van der Waals surface area (Å²) in [5.41, 5.74) is 4.57. The zero-order valence-corrected chi connectivity index (χ0v) is 14.1. The minimum Gasteiger partial charge on any atom is -0.290 e. The van der Waals surface area contributed by atoms with Crippen molar-refractivity contribution in [2.75, 3.05) is 0 Å². The Balaban J connectivity index is 2.33. The van der Waals surface area contributed by atoms with Crippen molar-refractivity contribution in [3.05, 3.63) is 76.1 Å². The zero-order chi connectivity index (χ0) is 16.6. The predicted molar refractivity (Wildman–Crippen MR) is 95.3 cm³/mol. The molecule has 2 aromatic carbocycles. The number of hydrogen-bond acceptors (Lipinski definition) is 1. The Kier molecular flexibility index (Phi) is 3.72. The van der Waals surface area contributed by atoms with Gasteiger partial charge in [-0.2, -0.15) is 0 Å². The molecule has 0 fully saturated rings. The Hall–Kier alpha value is -2.55. The predicted octanol–water partition coefficient (Wildman–Crippen LogP) is 4.44. The Morgan fingerprint density at radius 2 is 1.52 bits per heavy atom. The van der Waals surface area contributed by atoms with Crippen molar-refractivity contribution in [2.24, 2.45) is 0 Å². The number of nitrogens with one attached hydrogen (secondary N) is 1. The van der Waals surface area contributed by atoms with Gasteiger partial charge in [0.05, 0.1) is 16.9 Å². The SMILES string of the molecule is Cc1ccccc1-c1[nH]n(-c2ccccc2)c(=O)c1C(C)(C)C. The van der Waals surface area contributed by atoms with Crippen LogP contribution in [0.1, 0.15) is 31.9 Å². The van der Waals surface area contributed by atoms with Crippen molar-refractivity contribution in [1.29, 1.82) is 0 Å². The summed E-state index contributed by atoms with van der Waals surface area (Å²) in [6.07, 6.45) is 0. The lowest BCUT2D eigenvalue weighted by Crippen LogP contribution is -2.25. The second-order valence-electron chi connectivity index (χ2n) is 6.90. The van der Waals surface area contributed by atoms with Gasteiger partial charge in [-0.3, -0.25) is 9.89 Å². The van der Waals surface area contributed by atoms with Gasteiger partial charge in [-0.1, -0.05) is 63.2 Å². The first-order valence-corrected chi connectivity index (χ1v) is 7.86. The number of nitrogens with zero attached hydrogens (tertiary/aromatic N) is 1. The van der Waals surface area contributed by atoms with Gasteiger partial charge in [-0.05, 0) is 30.0 Å². The number of para-hydroxylation sites is 1. The minimum atomic E-state index is -0.245. The van der Waals surface area contributed by atoms with Gasteiger partial charge in [0, 0.05) is 5.56 Å². The van der Waals surface area contributed by atoms with E-state index in [1.54, 1.807) is 4.68 Å². The highest BCUT2D eigenvalue weighted by Crippen LogP contribution is 2.31. The first-order valence-electron chi connectivity index (χ1n) is 7.86. The van der Waals surface area contributed by atoms with E-state index in [9.17, 15) is 4.79 Å². The molecule has 23 heavy (non-hydrogen) atoms. The van der Waals surface area contributed by atoms with Crippen LogP contribution in [0.4, 0.5) is 0 Å². The third-order valence-electron chi connectivity index (χ3n) is 4.07. The Labute approximate surface area is 136 Å². The molecule has 0 spiro atoms. The molecular weight excluding hydrogens is 284 g/mol. The van der Waals surface area contributed by atoms with E-state index in [0.29, 0.717) is 0 Å². The molecule has 0 unspecified atom stereocenters. The molecule has 118 valence electrons. The van der Waals surface area contributed by atoms with E-state index in [1.165, 1.54) is 0 Å². The van der Waals surface area contributed by atoms with Gasteiger partial charge in [-0.15, -0.1) is 0 Å². The molecule has 0 bridgehead atoms. The second-order valence-corrected chi connectivity index (χ2v) is 6.90. The molecule has 3 nitrogen and oxygen atoms in total. The summed E-state index contributed by atoms with van der Waals surface area (Å²) in [7, 11) is 0. The lowest BCUT2D eigenvalue weighted by Gasteiger charge is -2.18. The van der Waals surface area contributed by atoms with E-state index in [-0.39, 0.29) is 11.0 Å². The van der Waals surface area contributed by atoms with Crippen LogP contribution in [0.25, 0.3) is 16.9 Å². The average molecular weight is 306 g/mol. The highest BCUT2D eigenvalue weighted by Gasteiger charge is 2.27. The van der Waals surface area contributed by atoms with Gasteiger partial charge in [0.15, 0.2) is 0 Å². The highest BCUT2D eigenvalue weighted by molar-refractivity contribution is 5.68. The van der Waals surface area contributed by atoms with Crippen LogP contribution >= 0.6 is 0 Å². The molecule has 0 saturated carbocycles. The van der Waals surface area contributed by atoms with Crippen LogP contribution in [0.2, 0.25) is 0 Å². The largest absolute Gasteiger partial charge is 0.290 e. The second kappa shape index (κ2) is 5.58. The topological polar surface area (TPSA) is 37.8 Å². The summed E-state index contributed by atoms with van der Waals surface area (Å²) in [6, 6.07) is 17.8. The number of hydrogen-bond donors (Lipinski definition) is 1. The third kappa shape index (κ3) is 2.74. The van der Waals surface area contributed by atoms with Crippen LogP contribution in [-0.2, 0) is 5.41 Å². The van der Waals surface area contributed by atoms with Gasteiger partial charge >= 0.3 is 0 Å². The van der Waals surface area contributed by atoms with Crippen molar-refractivity contribution < 1.29 is 0 Å². The van der Waals surface area contributed by atoms with E-state index < -0.39 is 0 Å². The molecule has 0 radical (unpaired) electrons. The molecule has 1 heterocycles. The zero-order valence-electron chi connectivity index (χ0n) is 14.1. The number of aromatic amines is 1. The Bertz CT molecular complexity index is 880. The average Bonchev–Trinajstić information content (AvgIpc) is 2.86. The van der Waals surface area contributed by atoms with Crippen LogP contribution in [-0.4, -0.2) is 9.78 Å². The first-order chi connectivity index (χ1) is 10.9. The summed E-state index contributed by atoms with van der Waals surface area (Å²) in [5.74, 6) is 0. The number of aromatic nitrogens is 2. The van der Waals surface area contributed by atoms with Crippen LogP contribution < -0.4 is 5.56 Å². The van der Waals surface area contributed by atoms with Gasteiger partial charge in [0.1, 0.15) is 0 Å². The van der Waals surface area contributed by atoms with E-state index >= 15 is 0 Å². The Morgan fingerprint density at radius 1 is 0.913 bits per heavy atom. The lowest BCUT2D eigenvalue weighted by atomic mass is 9.85. The fourth-order valence-corrected chi connectivity index (χ4v) is 2.94. The maximum absolute atomic E-state index is 13.1. The number of benzene rings is 2. The lowest BCUT2D eigenvalue weighted by molar-refractivity contribution is 0.586. The summed E-state index contributed by atoms with van der Waals surface area (Å²) < 4.78 is 1.64. The van der Waals surface area contributed by atoms with Crippen molar-refractivity contribution in [2.45, 2.75) is 33.1 Å². The maximum atomic E-state index is 13.1. The molecule has 0 aliphatic rings. The number of H-pyrrole nitrogens is 1. The molecule has 0 aliphatic heterocycles. The first kappa shape index (κ1) is 15.3. The molecule has 0 amide bonds. The van der Waals surface area contributed by atoms with E-state index in [1.807, 2.05) is 42.5 Å². The minimum absolute atomic E-state index is 0.0157. The highest BCUT2D eigenvalue weighted by atomic mass is 16.1. The van der Waals surface area contributed by atoms with Crippen LogP contribution in [0.15, 0.2) is 59.4 Å². The molecule has 0 aliphatic carbocycles. The Morgan fingerprint density at radius 3 is 2.13 bits per heavy atom. The quantitative estimate of drug-likeness (QED) is 0.747. The smallest absolute Gasteiger partial charge is 0.275 e. The molecular formula is C20H22N2O. The summed E-state index contributed by atoms with van der Waals surface area (Å²) in [6.45, 7) is 8.30. The molecule has 3 heteroatoms. The number of rotatable bonds is 2. The molecule has 0 saturated heterocycles. The summed E-state index contributed by atoms with van der Waals surface area (Å²) >= 11 is 0. The molecule has 1 N–H and O–H groups in total. The van der Waals surface area contributed by atoms with Crippen molar-refractivity contribution in [1.82, 2.24) is 9.78 Å². The normalized spacial score (nSPS) is 11.7. The van der Waals surface area contributed by atoms with Crippen LogP contribution in [0.3, 0.4) is 0 Å². The maximum Gasteiger partial charge on any atom is 0.275 e. The van der Waals surface area contributed by atoms with Gasteiger partial charge in [-0.25, -0.2) is 4.68 Å². The molecule has 1 aromatic heterocycles. The molecule has 0 atom stereocenters. The van der Waals surface area contributed by atoms with Crippen molar-refractivity contribution in [3.63, 3.8) is 0 Å². The fourth-order valence-electron chi connectivity index (χ4n) is 2.94. The van der Waals surface area contributed by atoms with Gasteiger partial charge in [0.2, 0.25) is 0 Å². The van der Waals surface area contributed by atoms with E-state index in [2.05, 4.69) is 44.9 Å². The summed E-state index contributed by atoms with van der Waals surface area (Å²) in [5, 5.41) is 3.33. The van der Waals surface area contributed by atoms with Crippen molar-refractivity contribution >= 4 is 0 Å². The van der Waals surface area contributed by atoms with Crippen molar-refractivity contribution in [3.8, 4) is 16.9 Å². The molecule has 3 aromatic rings. The van der Waals surface area contributed by atoms with Crippen LogP contribution in [0.5, 0.6) is 0 Å². The van der Waals surface area contributed by atoms with Gasteiger partial charge < -0.3 is 0 Å².